The lowest BCUT2D eigenvalue weighted by molar-refractivity contribution is 1.11. The van der Waals surface area contributed by atoms with Crippen molar-refractivity contribution in [2.75, 3.05) is 5.43 Å². The first-order valence-corrected chi connectivity index (χ1v) is 2.45. The fraction of sp³-hybridized carbons (Fsp3) is 0. The SMILES string of the molecule is Cl.F.NNc1ccccc1. The van der Waals surface area contributed by atoms with Crippen LogP contribution in [0.25, 0.3) is 0 Å². The maximum atomic E-state index is 5.10. The standard InChI is InChI=1S/C6H8N2.ClH.FH/c7-8-6-4-2-1-3-5-6;;/h1-5,8H,7H2;2*1H. The second kappa shape index (κ2) is 6.32. The zero-order valence-electron chi connectivity index (χ0n) is 5.28. The molecule has 2 nitrogen and oxygen atoms in total. The molecule has 10 heavy (non-hydrogen) atoms. The van der Waals surface area contributed by atoms with Crippen molar-refractivity contribution >= 4 is 18.1 Å². The Hall–Kier alpha value is -0.800. The van der Waals surface area contributed by atoms with Gasteiger partial charge in [-0.05, 0) is 12.1 Å². The van der Waals surface area contributed by atoms with Gasteiger partial charge in [0.25, 0.3) is 0 Å². The quantitative estimate of drug-likeness (QED) is 0.488. The summed E-state index contributed by atoms with van der Waals surface area (Å²) < 4.78 is 0. The number of nitrogen functional groups attached to an aromatic ring is 1. The van der Waals surface area contributed by atoms with E-state index in [0.717, 1.165) is 5.69 Å². The highest BCUT2D eigenvalue weighted by Crippen LogP contribution is 2.00. The van der Waals surface area contributed by atoms with Crippen molar-refractivity contribution in [2.45, 2.75) is 0 Å². The largest absolute Gasteiger partial charge is 0.324 e. The van der Waals surface area contributed by atoms with Crippen LogP contribution in [-0.4, -0.2) is 0 Å². The minimum Gasteiger partial charge on any atom is -0.324 e. The normalized spacial score (nSPS) is 6.90. The zero-order chi connectivity index (χ0) is 5.82. The topological polar surface area (TPSA) is 38.0 Å². The third-order valence-electron chi connectivity index (χ3n) is 0.940. The molecule has 58 valence electrons. The Balaban J connectivity index is 0. The molecule has 0 aliphatic heterocycles. The number of hydrogen-bond donors (Lipinski definition) is 2. The minimum absolute atomic E-state index is 0. The van der Waals surface area contributed by atoms with Gasteiger partial charge in [0.05, 0.1) is 0 Å². The molecular formula is C6H10ClFN2. The highest BCUT2D eigenvalue weighted by molar-refractivity contribution is 5.85. The number of nitrogens with two attached hydrogens (primary N) is 1. The predicted octanol–water partition coefficient (Wildman–Crippen LogP) is 1.55. The molecule has 0 spiro atoms. The van der Waals surface area contributed by atoms with Crippen LogP contribution in [0.15, 0.2) is 30.3 Å². The van der Waals surface area contributed by atoms with Crippen molar-refractivity contribution in [1.82, 2.24) is 0 Å². The maximum absolute atomic E-state index is 5.10. The monoisotopic (exact) mass is 164 g/mol. The van der Waals surface area contributed by atoms with Crippen LogP contribution in [0.3, 0.4) is 0 Å². The van der Waals surface area contributed by atoms with E-state index in [2.05, 4.69) is 5.43 Å². The van der Waals surface area contributed by atoms with Gasteiger partial charge < -0.3 is 5.43 Å². The van der Waals surface area contributed by atoms with Crippen LogP contribution in [0.4, 0.5) is 10.4 Å². The Labute approximate surface area is 65.2 Å². The number of rotatable bonds is 1. The first-order chi connectivity index (χ1) is 3.93. The van der Waals surface area contributed by atoms with Crippen LogP contribution in [0.5, 0.6) is 0 Å². The molecule has 0 aromatic heterocycles. The molecule has 1 aromatic rings. The van der Waals surface area contributed by atoms with E-state index in [9.17, 15) is 0 Å². The summed E-state index contributed by atoms with van der Waals surface area (Å²) >= 11 is 0. The van der Waals surface area contributed by atoms with Crippen LogP contribution < -0.4 is 11.3 Å². The van der Waals surface area contributed by atoms with Crippen LogP contribution in [0, 0.1) is 0 Å². The number of benzene rings is 1. The number of halogens is 2. The Morgan fingerprint density at radius 1 is 1.10 bits per heavy atom. The molecule has 0 bridgehead atoms. The van der Waals surface area contributed by atoms with Crippen molar-refractivity contribution in [1.29, 1.82) is 0 Å². The third-order valence-corrected chi connectivity index (χ3v) is 0.940. The molecule has 0 saturated carbocycles. The van der Waals surface area contributed by atoms with Crippen molar-refractivity contribution in [2.24, 2.45) is 5.84 Å². The fourth-order valence-electron chi connectivity index (χ4n) is 0.534. The summed E-state index contributed by atoms with van der Waals surface area (Å²) in [6.07, 6.45) is 0. The van der Waals surface area contributed by atoms with Crippen LogP contribution >= 0.6 is 12.4 Å². The van der Waals surface area contributed by atoms with Gasteiger partial charge in [-0.15, -0.1) is 12.4 Å². The molecule has 0 aliphatic carbocycles. The molecule has 0 fully saturated rings. The minimum atomic E-state index is 0. The molecule has 0 radical (unpaired) electrons. The number of hydrogen-bond acceptors (Lipinski definition) is 2. The summed E-state index contributed by atoms with van der Waals surface area (Å²) in [6, 6.07) is 9.60. The van der Waals surface area contributed by atoms with E-state index >= 15 is 0 Å². The van der Waals surface area contributed by atoms with Gasteiger partial charge in [-0.2, -0.15) is 0 Å². The smallest absolute Gasteiger partial charge is 0.0485 e. The number of para-hydroxylation sites is 1. The van der Waals surface area contributed by atoms with E-state index in [4.69, 9.17) is 5.84 Å². The maximum Gasteiger partial charge on any atom is 0.0485 e. The second-order valence-electron chi connectivity index (χ2n) is 1.51. The summed E-state index contributed by atoms with van der Waals surface area (Å²) in [7, 11) is 0. The molecule has 3 N–H and O–H groups in total. The summed E-state index contributed by atoms with van der Waals surface area (Å²) in [5, 5.41) is 0. The Kier molecular flexibility index (Phi) is 7.54. The van der Waals surface area contributed by atoms with Crippen molar-refractivity contribution in [3.8, 4) is 0 Å². The van der Waals surface area contributed by atoms with Crippen LogP contribution in [0.1, 0.15) is 0 Å². The zero-order valence-corrected chi connectivity index (χ0v) is 6.10. The first kappa shape index (κ1) is 11.9. The molecule has 0 atom stereocenters. The predicted molar refractivity (Wildman–Crippen MR) is 44.0 cm³/mol. The Bertz CT molecular complexity index is 157. The van der Waals surface area contributed by atoms with Gasteiger partial charge in [0.2, 0.25) is 0 Å². The van der Waals surface area contributed by atoms with E-state index in [1.807, 2.05) is 30.3 Å². The molecule has 1 rings (SSSR count). The van der Waals surface area contributed by atoms with Crippen molar-refractivity contribution in [3.05, 3.63) is 30.3 Å². The third kappa shape index (κ3) is 3.27. The van der Waals surface area contributed by atoms with Gasteiger partial charge in [-0.3, -0.25) is 10.5 Å². The summed E-state index contributed by atoms with van der Waals surface area (Å²) in [4.78, 5) is 0. The lowest BCUT2D eigenvalue weighted by Gasteiger charge is -1.94. The van der Waals surface area contributed by atoms with Crippen molar-refractivity contribution in [3.63, 3.8) is 0 Å². The lowest BCUT2D eigenvalue weighted by atomic mass is 10.3. The van der Waals surface area contributed by atoms with E-state index in [0.29, 0.717) is 0 Å². The first-order valence-electron chi connectivity index (χ1n) is 2.45. The fourth-order valence-corrected chi connectivity index (χ4v) is 0.534. The lowest BCUT2D eigenvalue weighted by Crippen LogP contribution is -2.05. The molecule has 0 aliphatic rings. The van der Waals surface area contributed by atoms with Crippen LogP contribution in [-0.2, 0) is 0 Å². The summed E-state index contributed by atoms with van der Waals surface area (Å²) in [5.74, 6) is 5.10. The molecule has 0 saturated heterocycles. The number of hydrazine groups is 1. The molecule has 4 heteroatoms. The van der Waals surface area contributed by atoms with Crippen molar-refractivity contribution < 1.29 is 4.70 Å². The van der Waals surface area contributed by atoms with Gasteiger partial charge in [0.1, 0.15) is 0 Å². The van der Waals surface area contributed by atoms with Gasteiger partial charge in [0, 0.05) is 5.69 Å². The van der Waals surface area contributed by atoms with Gasteiger partial charge in [-0.1, -0.05) is 18.2 Å². The Morgan fingerprint density at radius 2 is 1.60 bits per heavy atom. The summed E-state index contributed by atoms with van der Waals surface area (Å²) in [6.45, 7) is 0. The number of anilines is 1. The highest BCUT2D eigenvalue weighted by atomic mass is 35.5. The molecule has 0 heterocycles. The molecule has 0 unspecified atom stereocenters. The average molecular weight is 165 g/mol. The summed E-state index contributed by atoms with van der Waals surface area (Å²) in [5.41, 5.74) is 3.46. The van der Waals surface area contributed by atoms with E-state index in [1.54, 1.807) is 0 Å². The van der Waals surface area contributed by atoms with Gasteiger partial charge in [-0.25, -0.2) is 0 Å². The molecular weight excluding hydrogens is 155 g/mol. The van der Waals surface area contributed by atoms with Gasteiger partial charge in [0.15, 0.2) is 0 Å². The average Bonchev–Trinajstić information content (AvgIpc) is 1.90. The van der Waals surface area contributed by atoms with E-state index in [1.165, 1.54) is 0 Å². The highest BCUT2D eigenvalue weighted by Gasteiger charge is 1.78. The number of nitrogens with one attached hydrogen (secondary N) is 1. The van der Waals surface area contributed by atoms with Crippen LogP contribution in [0.2, 0.25) is 0 Å². The molecule has 1 aromatic carbocycles. The second-order valence-corrected chi connectivity index (χ2v) is 1.51. The van der Waals surface area contributed by atoms with E-state index in [-0.39, 0.29) is 17.1 Å². The van der Waals surface area contributed by atoms with Gasteiger partial charge >= 0.3 is 0 Å². The van der Waals surface area contributed by atoms with E-state index < -0.39 is 0 Å². The Morgan fingerprint density at radius 3 is 1.90 bits per heavy atom. The molecule has 0 amide bonds.